The van der Waals surface area contributed by atoms with E-state index in [1.54, 1.807) is 6.07 Å². The molecule has 4 aromatic rings. The first-order valence-electron chi connectivity index (χ1n) is 11.9. The SMILES string of the molecule is CC(C)CCNCc1nc(Nc2ccc(C(F)(F)F)cc2)c2ccc(-c3ncccc3C(F)(F)F)cc2n1. The smallest absolute Gasteiger partial charge is 0.340 e. The summed E-state index contributed by atoms with van der Waals surface area (Å²) in [7, 11) is 0. The summed E-state index contributed by atoms with van der Waals surface area (Å²) in [6.07, 6.45) is -6.85. The molecule has 4 rings (SSSR count). The predicted molar refractivity (Wildman–Crippen MR) is 134 cm³/mol. The highest BCUT2D eigenvalue weighted by atomic mass is 19.4. The van der Waals surface area contributed by atoms with E-state index in [4.69, 9.17) is 0 Å². The molecule has 200 valence electrons. The summed E-state index contributed by atoms with van der Waals surface area (Å²) in [4.78, 5) is 13.0. The Labute approximate surface area is 215 Å². The van der Waals surface area contributed by atoms with Crippen LogP contribution in [0.15, 0.2) is 60.8 Å². The molecule has 2 aromatic heterocycles. The van der Waals surface area contributed by atoms with Crippen LogP contribution in [-0.2, 0) is 18.9 Å². The molecule has 2 heterocycles. The van der Waals surface area contributed by atoms with Gasteiger partial charge in [-0.25, -0.2) is 9.97 Å². The molecule has 0 aliphatic rings. The van der Waals surface area contributed by atoms with Gasteiger partial charge in [-0.2, -0.15) is 26.3 Å². The zero-order valence-electron chi connectivity index (χ0n) is 20.6. The molecule has 0 aliphatic carbocycles. The summed E-state index contributed by atoms with van der Waals surface area (Å²) >= 11 is 0. The maximum atomic E-state index is 13.6. The van der Waals surface area contributed by atoms with Gasteiger partial charge in [-0.15, -0.1) is 0 Å². The fourth-order valence-corrected chi connectivity index (χ4v) is 3.83. The second kappa shape index (κ2) is 10.9. The average molecular weight is 534 g/mol. The van der Waals surface area contributed by atoms with Crippen LogP contribution in [0.2, 0.25) is 0 Å². The molecule has 0 amide bonds. The van der Waals surface area contributed by atoms with Gasteiger partial charge >= 0.3 is 12.4 Å². The Morgan fingerprint density at radius 3 is 2.26 bits per heavy atom. The maximum Gasteiger partial charge on any atom is 0.418 e. The zero-order chi connectivity index (χ0) is 27.5. The Balaban J connectivity index is 1.74. The van der Waals surface area contributed by atoms with Gasteiger partial charge in [0.2, 0.25) is 0 Å². The summed E-state index contributed by atoms with van der Waals surface area (Å²) in [5.74, 6) is 1.18. The molecule has 0 unspecified atom stereocenters. The van der Waals surface area contributed by atoms with Gasteiger partial charge in [0, 0.05) is 22.8 Å². The number of alkyl halides is 6. The van der Waals surface area contributed by atoms with Gasteiger partial charge in [-0.1, -0.05) is 19.9 Å². The minimum atomic E-state index is -4.59. The molecule has 5 nitrogen and oxygen atoms in total. The fourth-order valence-electron chi connectivity index (χ4n) is 3.83. The highest BCUT2D eigenvalue weighted by molar-refractivity contribution is 5.93. The van der Waals surface area contributed by atoms with E-state index in [-0.39, 0.29) is 11.3 Å². The number of halogens is 6. The molecule has 0 aliphatic heterocycles. The lowest BCUT2D eigenvalue weighted by molar-refractivity contribution is -0.138. The maximum absolute atomic E-state index is 13.6. The molecule has 38 heavy (non-hydrogen) atoms. The monoisotopic (exact) mass is 533 g/mol. The molecular formula is C27H25F6N5. The van der Waals surface area contributed by atoms with Crippen molar-refractivity contribution in [2.45, 2.75) is 39.2 Å². The van der Waals surface area contributed by atoms with Crippen LogP contribution in [0.5, 0.6) is 0 Å². The van der Waals surface area contributed by atoms with Crippen LogP contribution in [0.1, 0.15) is 37.2 Å². The number of nitrogens with zero attached hydrogens (tertiary/aromatic N) is 3. The van der Waals surface area contributed by atoms with E-state index in [0.717, 1.165) is 24.6 Å². The molecule has 2 N–H and O–H groups in total. The minimum Gasteiger partial charge on any atom is -0.340 e. The van der Waals surface area contributed by atoms with Crippen molar-refractivity contribution >= 4 is 22.4 Å². The topological polar surface area (TPSA) is 62.7 Å². The first-order chi connectivity index (χ1) is 17.9. The molecule has 11 heteroatoms. The quantitative estimate of drug-likeness (QED) is 0.180. The lowest BCUT2D eigenvalue weighted by Gasteiger charge is -2.15. The third kappa shape index (κ3) is 6.58. The van der Waals surface area contributed by atoms with Gasteiger partial charge in [-0.05, 0) is 67.4 Å². The third-order valence-corrected chi connectivity index (χ3v) is 5.79. The Kier molecular flexibility index (Phi) is 7.86. The normalized spacial score (nSPS) is 12.3. The Morgan fingerprint density at radius 1 is 0.868 bits per heavy atom. The number of rotatable bonds is 8. The van der Waals surface area contributed by atoms with E-state index in [1.807, 2.05) is 0 Å². The lowest BCUT2D eigenvalue weighted by Crippen LogP contribution is -2.18. The van der Waals surface area contributed by atoms with Crippen LogP contribution in [0.25, 0.3) is 22.2 Å². The number of fused-ring (bicyclic) bond motifs is 1. The van der Waals surface area contributed by atoms with Gasteiger partial charge < -0.3 is 10.6 Å². The van der Waals surface area contributed by atoms with Crippen LogP contribution >= 0.6 is 0 Å². The molecule has 0 fully saturated rings. The van der Waals surface area contributed by atoms with Crippen molar-refractivity contribution < 1.29 is 26.3 Å². The summed E-state index contributed by atoms with van der Waals surface area (Å²) in [5.41, 5.74) is -0.924. The van der Waals surface area contributed by atoms with Gasteiger partial charge in [0.25, 0.3) is 0 Å². The highest BCUT2D eigenvalue weighted by Gasteiger charge is 2.34. The summed E-state index contributed by atoms with van der Waals surface area (Å²) in [6.45, 7) is 5.19. The van der Waals surface area contributed by atoms with Gasteiger partial charge in [-0.3, -0.25) is 4.98 Å². The van der Waals surface area contributed by atoms with Crippen LogP contribution in [0, 0.1) is 5.92 Å². The summed E-state index contributed by atoms with van der Waals surface area (Å²) in [6, 6.07) is 11.2. The average Bonchev–Trinajstić information content (AvgIpc) is 2.85. The number of benzene rings is 2. The summed E-state index contributed by atoms with van der Waals surface area (Å²) < 4.78 is 79.7. The van der Waals surface area contributed by atoms with Crippen LogP contribution < -0.4 is 10.6 Å². The number of pyridine rings is 1. The predicted octanol–water partition coefficient (Wildman–Crippen LogP) is 7.61. The van der Waals surface area contributed by atoms with Crippen molar-refractivity contribution in [3.63, 3.8) is 0 Å². The Hall–Kier alpha value is -3.73. The number of aromatic nitrogens is 3. The molecule has 0 bridgehead atoms. The zero-order valence-corrected chi connectivity index (χ0v) is 20.6. The molecule has 0 atom stereocenters. The van der Waals surface area contributed by atoms with E-state index in [2.05, 4.69) is 39.4 Å². The minimum absolute atomic E-state index is 0.225. The molecule has 0 spiro atoms. The van der Waals surface area contributed by atoms with E-state index >= 15 is 0 Å². The Morgan fingerprint density at radius 2 is 1.61 bits per heavy atom. The molecule has 0 radical (unpaired) electrons. The molecular weight excluding hydrogens is 508 g/mol. The molecule has 2 aromatic carbocycles. The van der Waals surface area contributed by atoms with Crippen molar-refractivity contribution in [1.29, 1.82) is 0 Å². The lowest BCUT2D eigenvalue weighted by atomic mass is 10.0. The van der Waals surface area contributed by atoms with Gasteiger partial charge in [0.1, 0.15) is 11.6 Å². The van der Waals surface area contributed by atoms with Crippen molar-refractivity contribution in [1.82, 2.24) is 20.3 Å². The van der Waals surface area contributed by atoms with Crippen molar-refractivity contribution in [2.75, 3.05) is 11.9 Å². The number of hydrogen-bond acceptors (Lipinski definition) is 5. The van der Waals surface area contributed by atoms with Gasteiger partial charge in [0.05, 0.1) is 28.9 Å². The largest absolute Gasteiger partial charge is 0.418 e. The van der Waals surface area contributed by atoms with E-state index < -0.39 is 23.5 Å². The number of nitrogens with one attached hydrogen (secondary N) is 2. The van der Waals surface area contributed by atoms with Crippen molar-refractivity contribution in [3.8, 4) is 11.3 Å². The van der Waals surface area contributed by atoms with Crippen LogP contribution in [0.4, 0.5) is 37.8 Å². The second-order valence-electron chi connectivity index (χ2n) is 9.18. The van der Waals surface area contributed by atoms with Crippen LogP contribution in [0.3, 0.4) is 0 Å². The molecule has 0 saturated carbocycles. The number of hydrogen-bond donors (Lipinski definition) is 2. The highest BCUT2D eigenvalue weighted by Crippen LogP contribution is 2.37. The van der Waals surface area contributed by atoms with Crippen molar-refractivity contribution in [3.05, 3.63) is 77.7 Å². The summed E-state index contributed by atoms with van der Waals surface area (Å²) in [5, 5.41) is 6.77. The standard InChI is InChI=1S/C27H25F6N5/c1-16(2)11-13-34-15-23-37-22-14-17(24-21(27(31,32)33)4-3-12-35-24)5-10-20(22)25(38-23)36-19-8-6-18(7-9-19)26(28,29)30/h3-10,12,14,16,34H,11,13,15H2,1-2H3,(H,36,37,38). The number of anilines is 2. The third-order valence-electron chi connectivity index (χ3n) is 5.79. The molecule has 0 saturated heterocycles. The van der Waals surface area contributed by atoms with E-state index in [0.29, 0.717) is 47.2 Å². The van der Waals surface area contributed by atoms with E-state index in [1.165, 1.54) is 36.5 Å². The van der Waals surface area contributed by atoms with Crippen LogP contribution in [-0.4, -0.2) is 21.5 Å². The second-order valence-corrected chi connectivity index (χ2v) is 9.18. The van der Waals surface area contributed by atoms with Crippen molar-refractivity contribution in [2.24, 2.45) is 5.92 Å². The first kappa shape index (κ1) is 27.3. The first-order valence-corrected chi connectivity index (χ1v) is 11.9. The van der Waals surface area contributed by atoms with E-state index in [9.17, 15) is 26.3 Å². The fraction of sp³-hybridized carbons (Fsp3) is 0.296. The van der Waals surface area contributed by atoms with Gasteiger partial charge in [0.15, 0.2) is 0 Å². The Bertz CT molecular complexity index is 1400.